The summed E-state index contributed by atoms with van der Waals surface area (Å²) in [5, 5.41) is 16.6. The molecule has 44 heavy (non-hydrogen) atoms. The highest BCUT2D eigenvalue weighted by Crippen LogP contribution is 2.48. The molecule has 0 bridgehead atoms. The standard InChI is InChI=1S/C35H35N7OS/c1-23-17-28-31(43-22-27-13-12-25(20-37-27)24-9-5-4-6-10-24)15-14-29-33(28)34(44-23)30(42(29)21-26-11-7-8-16-36-26)18-35(2,3)19-32-38-40-41-39-32/h4-16,20,23H,17-19,21-22H2,1-3H3,(H,38,39,40,41). The molecular formula is C35H35N7OS. The van der Waals surface area contributed by atoms with E-state index in [1.54, 1.807) is 0 Å². The number of nitrogens with zero attached hydrogens (tertiary/aromatic N) is 6. The molecule has 0 spiro atoms. The summed E-state index contributed by atoms with van der Waals surface area (Å²) in [6, 6.07) is 25.0. The highest BCUT2D eigenvalue weighted by Gasteiger charge is 2.32. The van der Waals surface area contributed by atoms with E-state index >= 15 is 0 Å². The van der Waals surface area contributed by atoms with Gasteiger partial charge in [0.05, 0.1) is 23.4 Å². The van der Waals surface area contributed by atoms with Crippen LogP contribution in [0.25, 0.3) is 22.0 Å². The lowest BCUT2D eigenvalue weighted by molar-refractivity contribution is 0.298. The predicted octanol–water partition coefficient (Wildman–Crippen LogP) is 7.09. The van der Waals surface area contributed by atoms with Gasteiger partial charge in [0.15, 0.2) is 5.82 Å². The topological polar surface area (TPSA) is 94.4 Å². The molecule has 1 aliphatic heterocycles. The first-order chi connectivity index (χ1) is 21.4. The summed E-state index contributed by atoms with van der Waals surface area (Å²) < 4.78 is 8.99. The van der Waals surface area contributed by atoms with Gasteiger partial charge in [0.2, 0.25) is 0 Å². The zero-order valence-corrected chi connectivity index (χ0v) is 26.0. The fourth-order valence-electron chi connectivity index (χ4n) is 6.18. The number of pyridine rings is 2. The van der Waals surface area contributed by atoms with Crippen molar-refractivity contribution < 1.29 is 4.74 Å². The Bertz CT molecular complexity index is 1870. The van der Waals surface area contributed by atoms with E-state index in [0.29, 0.717) is 18.4 Å². The van der Waals surface area contributed by atoms with E-state index in [0.717, 1.165) is 53.4 Å². The van der Waals surface area contributed by atoms with Gasteiger partial charge in [-0.3, -0.25) is 9.97 Å². The van der Waals surface area contributed by atoms with E-state index in [1.807, 2.05) is 48.4 Å². The third-order valence-electron chi connectivity index (χ3n) is 8.19. The van der Waals surface area contributed by atoms with Crippen molar-refractivity contribution in [3.05, 3.63) is 114 Å². The van der Waals surface area contributed by atoms with E-state index in [1.165, 1.54) is 27.1 Å². The van der Waals surface area contributed by atoms with Gasteiger partial charge >= 0.3 is 0 Å². The summed E-state index contributed by atoms with van der Waals surface area (Å²) in [5.74, 6) is 1.67. The average molecular weight is 602 g/mol. The molecule has 0 amide bonds. The van der Waals surface area contributed by atoms with Gasteiger partial charge in [-0.1, -0.05) is 68.4 Å². The molecule has 1 N–H and O–H groups in total. The van der Waals surface area contributed by atoms with Crippen molar-refractivity contribution in [2.24, 2.45) is 5.41 Å². The first-order valence-electron chi connectivity index (χ1n) is 15.0. The second-order valence-corrected chi connectivity index (χ2v) is 13.7. The predicted molar refractivity (Wildman–Crippen MR) is 174 cm³/mol. The minimum Gasteiger partial charge on any atom is -0.487 e. The molecular weight excluding hydrogens is 567 g/mol. The van der Waals surface area contributed by atoms with Crippen molar-refractivity contribution in [2.75, 3.05) is 0 Å². The molecule has 6 aromatic rings. The summed E-state index contributed by atoms with van der Waals surface area (Å²) in [6.07, 6.45) is 6.34. The number of nitrogens with one attached hydrogen (secondary N) is 1. The number of benzene rings is 2. The maximum absolute atomic E-state index is 6.52. The SMILES string of the molecule is CC1Cc2c(OCc3ccc(-c4ccccc4)cn3)ccc3c2c(c(CC(C)(C)Cc2nn[nH]n2)n3Cc2ccccn2)S1. The average Bonchev–Trinajstić information content (AvgIpc) is 3.64. The Morgan fingerprint density at radius 2 is 1.80 bits per heavy atom. The van der Waals surface area contributed by atoms with Gasteiger partial charge in [-0.2, -0.15) is 5.21 Å². The van der Waals surface area contributed by atoms with E-state index in [2.05, 4.69) is 99.5 Å². The summed E-state index contributed by atoms with van der Waals surface area (Å²) >= 11 is 1.97. The normalized spacial score (nSPS) is 14.7. The third-order valence-corrected chi connectivity index (χ3v) is 9.43. The van der Waals surface area contributed by atoms with Gasteiger partial charge in [0.1, 0.15) is 12.4 Å². The van der Waals surface area contributed by atoms with Gasteiger partial charge in [-0.25, -0.2) is 0 Å². The van der Waals surface area contributed by atoms with Gasteiger partial charge in [-0.15, -0.1) is 22.0 Å². The summed E-state index contributed by atoms with van der Waals surface area (Å²) in [7, 11) is 0. The second-order valence-electron chi connectivity index (χ2n) is 12.3. The Morgan fingerprint density at radius 3 is 2.55 bits per heavy atom. The molecule has 0 saturated heterocycles. The van der Waals surface area contributed by atoms with Gasteiger partial charge in [0.25, 0.3) is 0 Å². The number of thioether (sulfide) groups is 1. The molecule has 0 aliphatic carbocycles. The number of H-pyrrole nitrogens is 1. The van der Waals surface area contributed by atoms with Crippen LogP contribution in [0.2, 0.25) is 0 Å². The highest BCUT2D eigenvalue weighted by atomic mass is 32.2. The number of aromatic amines is 1. The summed E-state index contributed by atoms with van der Waals surface area (Å²) in [5.41, 5.74) is 7.95. The Balaban J connectivity index is 1.24. The van der Waals surface area contributed by atoms with Crippen LogP contribution in [0.4, 0.5) is 0 Å². The van der Waals surface area contributed by atoms with Crippen molar-refractivity contribution in [1.82, 2.24) is 35.2 Å². The van der Waals surface area contributed by atoms with Crippen LogP contribution in [0.15, 0.2) is 90.1 Å². The Hall–Kier alpha value is -4.50. The smallest absolute Gasteiger partial charge is 0.175 e. The van der Waals surface area contributed by atoms with Crippen molar-refractivity contribution in [2.45, 2.75) is 63.3 Å². The molecule has 7 rings (SSSR count). The molecule has 0 saturated carbocycles. The molecule has 9 heteroatoms. The van der Waals surface area contributed by atoms with Crippen LogP contribution in [0.5, 0.6) is 5.75 Å². The highest BCUT2D eigenvalue weighted by molar-refractivity contribution is 8.00. The molecule has 5 heterocycles. The lowest BCUT2D eigenvalue weighted by atomic mass is 9.84. The second kappa shape index (κ2) is 11.9. The molecule has 0 fully saturated rings. The Labute approximate surface area is 261 Å². The van der Waals surface area contributed by atoms with E-state index in [-0.39, 0.29) is 5.41 Å². The first-order valence-corrected chi connectivity index (χ1v) is 15.9. The fraction of sp³-hybridized carbons (Fsp3) is 0.286. The largest absolute Gasteiger partial charge is 0.487 e. The molecule has 1 unspecified atom stereocenters. The van der Waals surface area contributed by atoms with Crippen LogP contribution in [0.1, 0.15) is 49.2 Å². The van der Waals surface area contributed by atoms with E-state index in [9.17, 15) is 0 Å². The number of hydrogen-bond acceptors (Lipinski definition) is 7. The fourth-order valence-corrected chi connectivity index (χ4v) is 7.49. The van der Waals surface area contributed by atoms with Crippen molar-refractivity contribution in [3.8, 4) is 16.9 Å². The Kier molecular flexibility index (Phi) is 7.64. The molecule has 8 nitrogen and oxygen atoms in total. The van der Waals surface area contributed by atoms with Crippen LogP contribution in [0.3, 0.4) is 0 Å². The van der Waals surface area contributed by atoms with Crippen molar-refractivity contribution >= 4 is 22.7 Å². The summed E-state index contributed by atoms with van der Waals surface area (Å²) in [6.45, 7) is 7.99. The van der Waals surface area contributed by atoms with Gasteiger partial charge in [-0.05, 0) is 54.2 Å². The van der Waals surface area contributed by atoms with Gasteiger partial charge in [0, 0.05) is 51.2 Å². The minimum atomic E-state index is -0.0884. The monoisotopic (exact) mass is 601 g/mol. The van der Waals surface area contributed by atoms with Crippen LogP contribution in [0, 0.1) is 5.41 Å². The minimum absolute atomic E-state index is 0.0884. The van der Waals surface area contributed by atoms with Crippen LogP contribution < -0.4 is 4.74 Å². The molecule has 4 aromatic heterocycles. The first kappa shape index (κ1) is 28.3. The zero-order valence-electron chi connectivity index (χ0n) is 25.2. The van der Waals surface area contributed by atoms with E-state index in [4.69, 9.17) is 9.72 Å². The maximum atomic E-state index is 6.52. The molecule has 1 aliphatic rings. The number of hydrogen-bond donors (Lipinski definition) is 1. The molecule has 1 atom stereocenters. The van der Waals surface area contributed by atoms with Crippen LogP contribution in [-0.2, 0) is 32.4 Å². The quantitative estimate of drug-likeness (QED) is 0.179. The molecule has 0 radical (unpaired) electrons. The number of rotatable bonds is 10. The van der Waals surface area contributed by atoms with Crippen LogP contribution in [-0.4, -0.2) is 40.4 Å². The maximum Gasteiger partial charge on any atom is 0.175 e. The Morgan fingerprint density at radius 1 is 0.932 bits per heavy atom. The van der Waals surface area contributed by atoms with Crippen molar-refractivity contribution in [3.63, 3.8) is 0 Å². The lowest BCUT2D eigenvalue weighted by Crippen LogP contribution is -2.22. The van der Waals surface area contributed by atoms with Gasteiger partial charge < -0.3 is 9.30 Å². The molecule has 2 aromatic carbocycles. The number of ether oxygens (including phenoxy) is 1. The molecule has 222 valence electrons. The zero-order chi connectivity index (χ0) is 30.1. The third kappa shape index (κ3) is 5.84. The van der Waals surface area contributed by atoms with Crippen molar-refractivity contribution in [1.29, 1.82) is 0 Å². The number of tetrazole rings is 1. The lowest BCUT2D eigenvalue weighted by Gasteiger charge is -2.26. The van der Waals surface area contributed by atoms with Crippen LogP contribution >= 0.6 is 11.8 Å². The summed E-state index contributed by atoms with van der Waals surface area (Å²) in [4.78, 5) is 10.7. The van der Waals surface area contributed by atoms with E-state index < -0.39 is 0 Å². The number of aromatic nitrogens is 7.